The molecule has 3 N–H and O–H groups in total. The summed E-state index contributed by atoms with van der Waals surface area (Å²) in [4.78, 5) is 22.4. The SMILES string of the molecule is CC[C@H](NC(=O)Nc1cccc(C)c1Cl)C(=O)O. The Morgan fingerprint density at radius 2 is 2.11 bits per heavy atom. The molecular formula is C12H15ClN2O3. The number of benzene rings is 1. The van der Waals surface area contributed by atoms with E-state index in [1.165, 1.54) is 0 Å². The fourth-order valence-corrected chi connectivity index (χ4v) is 1.57. The topological polar surface area (TPSA) is 78.4 Å². The van der Waals surface area contributed by atoms with Crippen LogP contribution in [0.1, 0.15) is 18.9 Å². The van der Waals surface area contributed by atoms with Crippen LogP contribution in [0.3, 0.4) is 0 Å². The van der Waals surface area contributed by atoms with E-state index in [1.54, 1.807) is 19.1 Å². The molecule has 18 heavy (non-hydrogen) atoms. The smallest absolute Gasteiger partial charge is 0.326 e. The Bertz CT molecular complexity index is 463. The van der Waals surface area contributed by atoms with Crippen molar-refractivity contribution in [2.45, 2.75) is 26.3 Å². The van der Waals surface area contributed by atoms with Gasteiger partial charge in [-0.1, -0.05) is 30.7 Å². The maximum Gasteiger partial charge on any atom is 0.326 e. The second kappa shape index (κ2) is 6.26. The van der Waals surface area contributed by atoms with Crippen molar-refractivity contribution in [1.82, 2.24) is 5.32 Å². The molecule has 0 spiro atoms. The van der Waals surface area contributed by atoms with E-state index >= 15 is 0 Å². The lowest BCUT2D eigenvalue weighted by atomic mass is 10.2. The number of carboxylic acids is 1. The number of aliphatic carboxylic acids is 1. The lowest BCUT2D eigenvalue weighted by molar-refractivity contribution is -0.139. The molecule has 0 fully saturated rings. The van der Waals surface area contributed by atoms with E-state index < -0.39 is 18.0 Å². The van der Waals surface area contributed by atoms with Crippen molar-refractivity contribution >= 4 is 29.3 Å². The summed E-state index contributed by atoms with van der Waals surface area (Å²) in [6.07, 6.45) is 0.310. The Balaban J connectivity index is 2.70. The number of amides is 2. The van der Waals surface area contributed by atoms with Crippen molar-refractivity contribution in [3.63, 3.8) is 0 Å². The molecule has 6 heteroatoms. The molecule has 0 heterocycles. The van der Waals surface area contributed by atoms with Crippen LogP contribution < -0.4 is 10.6 Å². The van der Waals surface area contributed by atoms with E-state index in [-0.39, 0.29) is 0 Å². The fourth-order valence-electron chi connectivity index (χ4n) is 1.40. The van der Waals surface area contributed by atoms with Crippen molar-refractivity contribution < 1.29 is 14.7 Å². The Kier molecular flexibility index (Phi) is 4.97. The summed E-state index contributed by atoms with van der Waals surface area (Å²) in [7, 11) is 0. The van der Waals surface area contributed by atoms with Gasteiger partial charge in [-0.15, -0.1) is 0 Å². The summed E-state index contributed by atoms with van der Waals surface area (Å²) in [6.45, 7) is 3.50. The van der Waals surface area contributed by atoms with Gasteiger partial charge in [0.05, 0.1) is 10.7 Å². The van der Waals surface area contributed by atoms with Gasteiger partial charge in [0.15, 0.2) is 0 Å². The molecule has 2 amide bonds. The molecule has 1 aromatic rings. The first kappa shape index (κ1) is 14.3. The standard InChI is InChI=1S/C12H15ClN2O3/c1-3-8(11(16)17)14-12(18)15-9-6-4-5-7(2)10(9)13/h4-6,8H,3H2,1-2H3,(H,16,17)(H2,14,15,18)/t8-/m0/s1. The van der Waals surface area contributed by atoms with Crippen molar-refractivity contribution in [1.29, 1.82) is 0 Å². The summed E-state index contributed by atoms with van der Waals surface area (Å²) in [5, 5.41) is 14.1. The molecular weight excluding hydrogens is 256 g/mol. The highest BCUT2D eigenvalue weighted by molar-refractivity contribution is 6.34. The highest BCUT2D eigenvalue weighted by Gasteiger charge is 2.17. The lowest BCUT2D eigenvalue weighted by Gasteiger charge is -2.14. The van der Waals surface area contributed by atoms with Crippen molar-refractivity contribution in [2.75, 3.05) is 5.32 Å². The third-order valence-electron chi connectivity index (χ3n) is 2.45. The summed E-state index contributed by atoms with van der Waals surface area (Å²) in [5.41, 5.74) is 1.29. The molecule has 5 nitrogen and oxygen atoms in total. The zero-order valence-electron chi connectivity index (χ0n) is 10.2. The quantitative estimate of drug-likeness (QED) is 0.787. The molecule has 0 aliphatic rings. The van der Waals surface area contributed by atoms with Gasteiger partial charge in [0.1, 0.15) is 6.04 Å². The molecule has 98 valence electrons. The van der Waals surface area contributed by atoms with Gasteiger partial charge < -0.3 is 15.7 Å². The van der Waals surface area contributed by atoms with Crippen molar-refractivity contribution in [3.8, 4) is 0 Å². The summed E-state index contributed by atoms with van der Waals surface area (Å²) < 4.78 is 0. The highest BCUT2D eigenvalue weighted by Crippen LogP contribution is 2.24. The monoisotopic (exact) mass is 270 g/mol. The highest BCUT2D eigenvalue weighted by atomic mass is 35.5. The number of carbonyl (C=O) groups excluding carboxylic acids is 1. The van der Waals surface area contributed by atoms with E-state index in [0.717, 1.165) is 5.56 Å². The van der Waals surface area contributed by atoms with Gasteiger partial charge >= 0.3 is 12.0 Å². The first-order chi connectivity index (χ1) is 8.45. The van der Waals surface area contributed by atoms with Gasteiger partial charge in [-0.05, 0) is 25.0 Å². The van der Waals surface area contributed by atoms with E-state index in [2.05, 4.69) is 10.6 Å². The molecule has 1 aromatic carbocycles. The van der Waals surface area contributed by atoms with Gasteiger partial charge in [0, 0.05) is 0 Å². The number of hydrogen-bond acceptors (Lipinski definition) is 2. The second-order valence-corrected chi connectivity index (χ2v) is 4.21. The predicted molar refractivity (Wildman–Crippen MR) is 70.1 cm³/mol. The maximum atomic E-state index is 11.6. The van der Waals surface area contributed by atoms with Crippen LogP contribution in [-0.4, -0.2) is 23.1 Å². The molecule has 0 saturated heterocycles. The summed E-state index contributed by atoms with van der Waals surface area (Å²) in [6, 6.07) is 3.73. The molecule has 0 unspecified atom stereocenters. The van der Waals surface area contributed by atoms with Crippen LogP contribution in [0, 0.1) is 6.92 Å². The Labute approximate surface area is 110 Å². The minimum atomic E-state index is -1.07. The van der Waals surface area contributed by atoms with Gasteiger partial charge in [-0.2, -0.15) is 0 Å². The van der Waals surface area contributed by atoms with Crippen LogP contribution in [-0.2, 0) is 4.79 Å². The number of halogens is 1. The van der Waals surface area contributed by atoms with Crippen molar-refractivity contribution in [2.24, 2.45) is 0 Å². The number of rotatable bonds is 4. The van der Waals surface area contributed by atoms with Crippen LogP contribution in [0.5, 0.6) is 0 Å². The summed E-state index contributed by atoms with van der Waals surface area (Å²) in [5.74, 6) is -1.07. The zero-order valence-corrected chi connectivity index (χ0v) is 10.9. The molecule has 1 rings (SSSR count). The minimum Gasteiger partial charge on any atom is -0.480 e. The van der Waals surface area contributed by atoms with Crippen LogP contribution in [0.15, 0.2) is 18.2 Å². The average Bonchev–Trinajstić information content (AvgIpc) is 2.31. The van der Waals surface area contributed by atoms with Crippen LogP contribution in [0.4, 0.5) is 10.5 Å². The molecule has 0 radical (unpaired) electrons. The Hall–Kier alpha value is -1.75. The van der Waals surface area contributed by atoms with E-state index in [1.807, 2.05) is 13.0 Å². The number of aryl methyl sites for hydroxylation is 1. The van der Waals surface area contributed by atoms with Gasteiger partial charge in [0.2, 0.25) is 0 Å². The Morgan fingerprint density at radius 1 is 1.44 bits per heavy atom. The van der Waals surface area contributed by atoms with Crippen LogP contribution in [0.2, 0.25) is 5.02 Å². The molecule has 1 atom stereocenters. The third kappa shape index (κ3) is 3.63. The maximum absolute atomic E-state index is 11.6. The third-order valence-corrected chi connectivity index (χ3v) is 2.95. The molecule has 0 aliphatic heterocycles. The average molecular weight is 271 g/mol. The van der Waals surface area contributed by atoms with Crippen LogP contribution >= 0.6 is 11.6 Å². The molecule has 0 aromatic heterocycles. The predicted octanol–water partition coefficient (Wildman–Crippen LogP) is 2.63. The first-order valence-electron chi connectivity index (χ1n) is 5.51. The normalized spacial score (nSPS) is 11.7. The lowest BCUT2D eigenvalue weighted by Crippen LogP contribution is -2.42. The van der Waals surface area contributed by atoms with E-state index in [9.17, 15) is 9.59 Å². The Morgan fingerprint density at radius 3 is 2.67 bits per heavy atom. The zero-order chi connectivity index (χ0) is 13.7. The number of carbonyl (C=O) groups is 2. The number of urea groups is 1. The van der Waals surface area contributed by atoms with Gasteiger partial charge in [-0.25, -0.2) is 9.59 Å². The minimum absolute atomic E-state index is 0.310. The van der Waals surface area contributed by atoms with Crippen LogP contribution in [0.25, 0.3) is 0 Å². The molecule has 0 bridgehead atoms. The summed E-state index contributed by atoms with van der Waals surface area (Å²) >= 11 is 6.01. The van der Waals surface area contributed by atoms with Gasteiger partial charge in [0.25, 0.3) is 0 Å². The van der Waals surface area contributed by atoms with E-state index in [0.29, 0.717) is 17.1 Å². The largest absolute Gasteiger partial charge is 0.480 e. The second-order valence-electron chi connectivity index (χ2n) is 3.83. The van der Waals surface area contributed by atoms with Gasteiger partial charge in [-0.3, -0.25) is 0 Å². The first-order valence-corrected chi connectivity index (χ1v) is 5.89. The molecule has 0 aliphatic carbocycles. The number of hydrogen-bond donors (Lipinski definition) is 3. The number of anilines is 1. The number of nitrogens with one attached hydrogen (secondary N) is 2. The molecule has 0 saturated carbocycles. The number of carboxylic acid groups (broad SMARTS) is 1. The van der Waals surface area contributed by atoms with E-state index in [4.69, 9.17) is 16.7 Å². The van der Waals surface area contributed by atoms with Crippen molar-refractivity contribution in [3.05, 3.63) is 28.8 Å². The fraction of sp³-hybridized carbons (Fsp3) is 0.333.